The van der Waals surface area contributed by atoms with E-state index in [-0.39, 0.29) is 18.0 Å². The van der Waals surface area contributed by atoms with Crippen LogP contribution in [0.4, 0.5) is 10.5 Å². The van der Waals surface area contributed by atoms with Gasteiger partial charge in [0, 0.05) is 24.2 Å². The fourth-order valence-corrected chi connectivity index (χ4v) is 2.73. The van der Waals surface area contributed by atoms with Crippen LogP contribution in [-0.2, 0) is 17.7 Å². The molecule has 1 aromatic carbocycles. The molecule has 0 saturated heterocycles. The van der Waals surface area contributed by atoms with Gasteiger partial charge in [-0.15, -0.1) is 0 Å². The summed E-state index contributed by atoms with van der Waals surface area (Å²) >= 11 is 0. The van der Waals surface area contributed by atoms with Crippen LogP contribution in [0.15, 0.2) is 24.3 Å². The van der Waals surface area contributed by atoms with E-state index in [0.717, 1.165) is 5.69 Å². The van der Waals surface area contributed by atoms with Crippen molar-refractivity contribution >= 4 is 17.7 Å². The molecule has 2 heterocycles. The van der Waals surface area contributed by atoms with Crippen LogP contribution in [0, 0.1) is 0 Å². The first-order chi connectivity index (χ1) is 12.2. The molecule has 138 valence electrons. The Morgan fingerprint density at radius 2 is 2.04 bits per heavy atom. The lowest BCUT2D eigenvalue weighted by Gasteiger charge is -2.30. The number of para-hydroxylation sites is 2. The monoisotopic (exact) mass is 358 g/mol. The minimum absolute atomic E-state index is 0.0272. The molecule has 0 spiro atoms. The van der Waals surface area contributed by atoms with Gasteiger partial charge < -0.3 is 20.1 Å². The number of hydrogen-bond acceptors (Lipinski definition) is 5. The fourth-order valence-electron chi connectivity index (χ4n) is 2.73. The minimum atomic E-state index is -0.585. The van der Waals surface area contributed by atoms with Gasteiger partial charge >= 0.3 is 6.09 Å². The van der Waals surface area contributed by atoms with Crippen molar-refractivity contribution in [3.8, 4) is 5.75 Å². The van der Waals surface area contributed by atoms with Gasteiger partial charge in [0.1, 0.15) is 11.4 Å². The minimum Gasteiger partial charge on any atom is -0.506 e. The van der Waals surface area contributed by atoms with Crippen LogP contribution in [0.3, 0.4) is 0 Å². The van der Waals surface area contributed by atoms with E-state index in [1.54, 1.807) is 23.1 Å². The number of phenolic OH excluding ortho intramolecular Hbond substituents is 1. The molecule has 2 aromatic rings. The number of phenols is 1. The molecule has 0 aliphatic carbocycles. The van der Waals surface area contributed by atoms with Crippen LogP contribution in [0.1, 0.15) is 42.5 Å². The maximum atomic E-state index is 12.6. The van der Waals surface area contributed by atoms with Gasteiger partial charge in [0.15, 0.2) is 5.69 Å². The van der Waals surface area contributed by atoms with Crippen molar-refractivity contribution in [2.24, 2.45) is 0 Å². The van der Waals surface area contributed by atoms with Crippen LogP contribution < -0.4 is 5.32 Å². The van der Waals surface area contributed by atoms with E-state index >= 15 is 0 Å². The number of nitrogens with one attached hydrogen (secondary N) is 2. The molecule has 3 N–H and O–H groups in total. The normalized spacial score (nSPS) is 13.9. The summed E-state index contributed by atoms with van der Waals surface area (Å²) in [7, 11) is 0. The van der Waals surface area contributed by atoms with Gasteiger partial charge in [-0.05, 0) is 32.9 Å². The van der Waals surface area contributed by atoms with Crippen molar-refractivity contribution in [2.75, 3.05) is 11.9 Å². The molecule has 0 saturated carbocycles. The van der Waals surface area contributed by atoms with Crippen LogP contribution in [0.5, 0.6) is 5.75 Å². The predicted molar refractivity (Wildman–Crippen MR) is 95.0 cm³/mol. The van der Waals surface area contributed by atoms with E-state index in [1.807, 2.05) is 20.8 Å². The van der Waals surface area contributed by atoms with Gasteiger partial charge in [0.25, 0.3) is 5.91 Å². The molecule has 8 heteroatoms. The summed E-state index contributed by atoms with van der Waals surface area (Å²) in [5, 5.41) is 19.4. The van der Waals surface area contributed by atoms with Crippen molar-refractivity contribution in [2.45, 2.75) is 39.3 Å². The van der Waals surface area contributed by atoms with Gasteiger partial charge in [0.2, 0.25) is 0 Å². The van der Waals surface area contributed by atoms with E-state index in [4.69, 9.17) is 4.74 Å². The van der Waals surface area contributed by atoms with Crippen LogP contribution in [0.2, 0.25) is 0 Å². The molecule has 0 radical (unpaired) electrons. The zero-order valence-corrected chi connectivity index (χ0v) is 15.0. The first kappa shape index (κ1) is 17.8. The van der Waals surface area contributed by atoms with Gasteiger partial charge in [-0.1, -0.05) is 12.1 Å². The van der Waals surface area contributed by atoms with E-state index in [1.165, 1.54) is 6.07 Å². The molecule has 26 heavy (non-hydrogen) atoms. The predicted octanol–water partition coefficient (Wildman–Crippen LogP) is 2.66. The number of fused-ring (bicyclic) bond motifs is 1. The number of benzene rings is 1. The lowest BCUT2D eigenvalue weighted by atomic mass is 10.1. The maximum absolute atomic E-state index is 12.6. The second-order valence-electron chi connectivity index (χ2n) is 7.15. The second-order valence-corrected chi connectivity index (χ2v) is 7.15. The highest BCUT2D eigenvalue weighted by Crippen LogP contribution is 2.25. The summed E-state index contributed by atoms with van der Waals surface area (Å²) in [5.74, 6) is -0.476. The van der Waals surface area contributed by atoms with E-state index in [9.17, 15) is 14.7 Å². The number of aromatic nitrogens is 2. The third-order valence-electron chi connectivity index (χ3n) is 3.95. The standard InChI is InChI=1S/C18H22N4O4/c1-18(2,3)26-17(25)22-9-8-12-11(10-22)15(21-20-12)16(24)19-13-6-4-5-7-14(13)23/h4-7,23H,8-10H2,1-3H3,(H,19,24)(H,20,21). The highest BCUT2D eigenvalue weighted by molar-refractivity contribution is 6.04. The highest BCUT2D eigenvalue weighted by atomic mass is 16.6. The smallest absolute Gasteiger partial charge is 0.410 e. The van der Waals surface area contributed by atoms with Crippen molar-refractivity contribution in [3.05, 3.63) is 41.2 Å². The van der Waals surface area contributed by atoms with Gasteiger partial charge in [-0.2, -0.15) is 5.10 Å². The van der Waals surface area contributed by atoms with Crippen molar-refractivity contribution in [1.82, 2.24) is 15.1 Å². The molecule has 1 aromatic heterocycles. The number of aromatic hydroxyl groups is 1. The maximum Gasteiger partial charge on any atom is 0.410 e. The van der Waals surface area contributed by atoms with Crippen molar-refractivity contribution in [1.29, 1.82) is 0 Å². The van der Waals surface area contributed by atoms with Crippen molar-refractivity contribution < 1.29 is 19.4 Å². The first-order valence-electron chi connectivity index (χ1n) is 8.38. The summed E-state index contributed by atoms with van der Waals surface area (Å²) in [6.07, 6.45) is 0.141. The first-order valence-corrected chi connectivity index (χ1v) is 8.38. The molecular formula is C18H22N4O4. The molecule has 2 amide bonds. The summed E-state index contributed by atoms with van der Waals surface area (Å²) in [6.45, 7) is 6.16. The molecule has 8 nitrogen and oxygen atoms in total. The number of ether oxygens (including phenoxy) is 1. The number of carbonyl (C=O) groups excluding carboxylic acids is 2. The summed E-state index contributed by atoms with van der Waals surface area (Å²) in [5.41, 5.74) is 1.41. The molecule has 0 fully saturated rings. The summed E-state index contributed by atoms with van der Waals surface area (Å²) in [4.78, 5) is 26.4. The number of rotatable bonds is 2. The third kappa shape index (κ3) is 3.79. The fraction of sp³-hybridized carbons (Fsp3) is 0.389. The topological polar surface area (TPSA) is 108 Å². The largest absolute Gasteiger partial charge is 0.506 e. The molecule has 0 bridgehead atoms. The number of aromatic amines is 1. The third-order valence-corrected chi connectivity index (χ3v) is 3.95. The molecule has 1 aliphatic heterocycles. The Bertz CT molecular complexity index is 838. The zero-order valence-electron chi connectivity index (χ0n) is 15.0. The number of amides is 2. The quantitative estimate of drug-likeness (QED) is 0.716. The van der Waals surface area contributed by atoms with Crippen LogP contribution >= 0.6 is 0 Å². The Balaban J connectivity index is 1.77. The Morgan fingerprint density at radius 1 is 1.31 bits per heavy atom. The molecule has 0 atom stereocenters. The molecule has 0 unspecified atom stereocenters. The summed E-state index contributed by atoms with van der Waals surface area (Å²) < 4.78 is 5.40. The van der Waals surface area contributed by atoms with E-state index in [0.29, 0.717) is 24.2 Å². The summed E-state index contributed by atoms with van der Waals surface area (Å²) in [6, 6.07) is 6.46. The lowest BCUT2D eigenvalue weighted by Crippen LogP contribution is -2.40. The van der Waals surface area contributed by atoms with E-state index in [2.05, 4.69) is 15.5 Å². The number of anilines is 1. The Morgan fingerprint density at radius 3 is 2.73 bits per heavy atom. The molecule has 1 aliphatic rings. The molecular weight excluding hydrogens is 336 g/mol. The van der Waals surface area contributed by atoms with Gasteiger partial charge in [0.05, 0.1) is 12.2 Å². The SMILES string of the molecule is CC(C)(C)OC(=O)N1CCc2[nH]nc(C(=O)Nc3ccccc3O)c2C1. The highest BCUT2D eigenvalue weighted by Gasteiger charge is 2.30. The Hall–Kier alpha value is -3.03. The van der Waals surface area contributed by atoms with Crippen LogP contribution in [0.25, 0.3) is 0 Å². The van der Waals surface area contributed by atoms with Gasteiger partial charge in [-0.25, -0.2) is 4.79 Å². The Labute approximate surface area is 151 Å². The second kappa shape index (κ2) is 6.70. The number of H-pyrrole nitrogens is 1. The van der Waals surface area contributed by atoms with Gasteiger partial charge in [-0.3, -0.25) is 9.89 Å². The number of carbonyl (C=O) groups is 2. The Kier molecular flexibility index (Phi) is 4.58. The molecule has 3 rings (SSSR count). The lowest BCUT2D eigenvalue weighted by molar-refractivity contribution is 0.0222. The van der Waals surface area contributed by atoms with E-state index < -0.39 is 17.6 Å². The zero-order chi connectivity index (χ0) is 18.9. The number of nitrogens with zero attached hydrogens (tertiary/aromatic N) is 2. The average Bonchev–Trinajstić information content (AvgIpc) is 2.98. The van der Waals surface area contributed by atoms with Crippen LogP contribution in [-0.4, -0.2) is 44.4 Å². The number of hydrogen-bond donors (Lipinski definition) is 3. The van der Waals surface area contributed by atoms with Crippen molar-refractivity contribution in [3.63, 3.8) is 0 Å². The average molecular weight is 358 g/mol.